The van der Waals surface area contributed by atoms with Crippen LogP contribution in [0.5, 0.6) is 5.75 Å². The van der Waals surface area contributed by atoms with E-state index in [1.54, 1.807) is 18.3 Å². The van der Waals surface area contributed by atoms with Crippen LogP contribution >= 0.6 is 0 Å². The van der Waals surface area contributed by atoms with Gasteiger partial charge in [0.2, 0.25) is 0 Å². The third-order valence-corrected chi connectivity index (χ3v) is 5.62. The molecule has 15 N–H and O–H groups in total. The number of aromatic nitrogens is 2. The number of aromatic hydroxyl groups is 1. The third-order valence-electron chi connectivity index (χ3n) is 5.62. The number of benzene rings is 2. The van der Waals surface area contributed by atoms with Crippen LogP contribution < -0.4 is 22.9 Å². The molecule has 0 bridgehead atoms. The summed E-state index contributed by atoms with van der Waals surface area (Å²) in [5.41, 5.74) is 23.4. The normalized spacial score (nSPS) is 12.5. The number of hydrogen-bond acceptors (Lipinski definition) is 11. The van der Waals surface area contributed by atoms with Crippen LogP contribution in [0.2, 0.25) is 0 Å². The van der Waals surface area contributed by atoms with Crippen molar-refractivity contribution in [2.24, 2.45) is 22.9 Å². The number of carboxylic acid groups (broad SMARTS) is 5. The van der Waals surface area contributed by atoms with Crippen LogP contribution in [0, 0.1) is 0 Å². The Kier molecular flexibility index (Phi) is 19.6. The first kappa shape index (κ1) is 40.6. The van der Waals surface area contributed by atoms with Gasteiger partial charge < -0.3 is 58.6 Å². The predicted octanol–water partition coefficient (Wildman–Crippen LogP) is -0.385. The first-order chi connectivity index (χ1) is 21.5. The Hall–Kier alpha value is -5.36. The lowest BCUT2D eigenvalue weighted by molar-refractivity contribution is -0.141. The summed E-state index contributed by atoms with van der Waals surface area (Å²) in [6, 6.07) is 12.1. The molecule has 0 radical (unpaired) electrons. The molecule has 1 aromatic heterocycles. The Morgan fingerprint density at radius 2 is 1.07 bits per heavy atom. The molecular weight excluding hydrogens is 608 g/mol. The van der Waals surface area contributed by atoms with E-state index in [1.165, 1.54) is 18.5 Å². The van der Waals surface area contributed by atoms with E-state index in [2.05, 4.69) is 9.97 Å². The van der Waals surface area contributed by atoms with Gasteiger partial charge in [0.15, 0.2) is 0 Å². The van der Waals surface area contributed by atoms with Crippen LogP contribution in [0.15, 0.2) is 67.1 Å². The highest BCUT2D eigenvalue weighted by Gasteiger charge is 2.14. The average Bonchev–Trinajstić information content (AvgIpc) is 3.51. The van der Waals surface area contributed by atoms with E-state index >= 15 is 0 Å². The smallest absolute Gasteiger partial charge is 0.320 e. The summed E-state index contributed by atoms with van der Waals surface area (Å²) in [6.45, 7) is 0. The van der Waals surface area contributed by atoms with Crippen LogP contribution in [0.25, 0.3) is 0 Å². The predicted molar refractivity (Wildman–Crippen MR) is 164 cm³/mol. The molecule has 0 aliphatic heterocycles. The number of aromatic amines is 1. The monoisotopic (exact) mass is 648 g/mol. The number of imidazole rings is 1. The summed E-state index contributed by atoms with van der Waals surface area (Å²) in [4.78, 5) is 57.4. The molecule has 252 valence electrons. The van der Waals surface area contributed by atoms with Crippen LogP contribution in [0.4, 0.5) is 0 Å². The Morgan fingerprint density at radius 1 is 0.630 bits per heavy atom. The van der Waals surface area contributed by atoms with Gasteiger partial charge in [-0.15, -0.1) is 0 Å². The van der Waals surface area contributed by atoms with Crippen LogP contribution in [0.1, 0.15) is 29.7 Å². The number of carboxylic acids is 5. The maximum absolute atomic E-state index is 10.4. The quantitative estimate of drug-likeness (QED) is 0.112. The largest absolute Gasteiger partial charge is 0.508 e. The van der Waals surface area contributed by atoms with Crippen molar-refractivity contribution in [3.63, 3.8) is 0 Å². The van der Waals surface area contributed by atoms with E-state index in [4.69, 9.17) is 53.6 Å². The van der Waals surface area contributed by atoms with E-state index in [-0.39, 0.29) is 31.4 Å². The lowest BCUT2D eigenvalue weighted by Gasteiger charge is -2.05. The fourth-order valence-electron chi connectivity index (χ4n) is 3.05. The number of carbonyl (C=O) groups is 5. The molecule has 1 heterocycles. The molecule has 2 aromatic carbocycles. The van der Waals surface area contributed by atoms with Gasteiger partial charge in [-0.3, -0.25) is 24.0 Å². The van der Waals surface area contributed by atoms with Crippen molar-refractivity contribution in [3.8, 4) is 5.75 Å². The van der Waals surface area contributed by atoms with Gasteiger partial charge in [-0.05, 0) is 42.5 Å². The van der Waals surface area contributed by atoms with Gasteiger partial charge in [0.05, 0.1) is 6.33 Å². The summed E-state index contributed by atoms with van der Waals surface area (Å²) >= 11 is 0. The molecule has 3 aromatic rings. The third kappa shape index (κ3) is 19.8. The molecule has 0 amide bonds. The minimum Gasteiger partial charge on any atom is -0.508 e. The van der Waals surface area contributed by atoms with Gasteiger partial charge in [-0.25, -0.2) is 4.98 Å². The second-order valence-electron chi connectivity index (χ2n) is 9.55. The number of rotatable bonds is 13. The van der Waals surface area contributed by atoms with Crippen molar-refractivity contribution in [1.82, 2.24) is 9.97 Å². The number of nitrogens with one attached hydrogen (secondary N) is 1. The molecule has 17 heteroatoms. The van der Waals surface area contributed by atoms with Gasteiger partial charge in [0.1, 0.15) is 29.9 Å². The number of nitrogens with zero attached hydrogens (tertiary/aromatic N) is 1. The molecule has 0 unspecified atom stereocenters. The zero-order chi connectivity index (χ0) is 35.2. The number of phenolic OH excluding ortho intramolecular Hbond substituents is 1. The summed E-state index contributed by atoms with van der Waals surface area (Å²) in [5, 5.41) is 50.7. The van der Waals surface area contributed by atoms with Crippen molar-refractivity contribution in [2.45, 2.75) is 56.3 Å². The van der Waals surface area contributed by atoms with Crippen LogP contribution in [0.3, 0.4) is 0 Å². The van der Waals surface area contributed by atoms with E-state index in [1.807, 2.05) is 30.3 Å². The summed E-state index contributed by atoms with van der Waals surface area (Å²) in [5.74, 6) is -5.02. The Bertz CT molecular complexity index is 1340. The van der Waals surface area contributed by atoms with Gasteiger partial charge in [-0.2, -0.15) is 0 Å². The molecule has 0 aliphatic rings. The van der Waals surface area contributed by atoms with E-state index < -0.39 is 54.0 Å². The molecule has 17 nitrogen and oxygen atoms in total. The lowest BCUT2D eigenvalue weighted by Crippen LogP contribution is -2.32. The Balaban J connectivity index is 0.000000590. The molecular formula is C29H40N6O11. The highest BCUT2D eigenvalue weighted by atomic mass is 16.4. The van der Waals surface area contributed by atoms with E-state index in [0.29, 0.717) is 6.42 Å². The highest BCUT2D eigenvalue weighted by Crippen LogP contribution is 2.10. The second-order valence-corrected chi connectivity index (χ2v) is 9.55. The van der Waals surface area contributed by atoms with E-state index in [9.17, 15) is 24.0 Å². The first-order valence-electron chi connectivity index (χ1n) is 13.5. The summed E-state index contributed by atoms with van der Waals surface area (Å²) < 4.78 is 0. The van der Waals surface area contributed by atoms with Crippen molar-refractivity contribution in [1.29, 1.82) is 0 Å². The Labute approximate surface area is 263 Å². The Morgan fingerprint density at radius 3 is 1.46 bits per heavy atom. The van der Waals surface area contributed by atoms with Crippen molar-refractivity contribution < 1.29 is 54.6 Å². The molecule has 0 spiro atoms. The molecule has 4 atom stereocenters. The molecule has 3 rings (SSSR count). The van der Waals surface area contributed by atoms with Crippen molar-refractivity contribution >= 4 is 29.8 Å². The summed E-state index contributed by atoms with van der Waals surface area (Å²) in [7, 11) is 0. The zero-order valence-corrected chi connectivity index (χ0v) is 24.7. The van der Waals surface area contributed by atoms with E-state index in [0.717, 1.165) is 16.8 Å². The minimum absolute atomic E-state index is 0.0231. The number of hydrogen-bond donors (Lipinski definition) is 11. The van der Waals surface area contributed by atoms with Gasteiger partial charge in [-0.1, -0.05) is 42.5 Å². The number of nitrogens with two attached hydrogens (primary N) is 4. The highest BCUT2D eigenvalue weighted by molar-refractivity contribution is 5.75. The topological polar surface area (TPSA) is 339 Å². The molecule has 0 saturated carbocycles. The van der Waals surface area contributed by atoms with Gasteiger partial charge >= 0.3 is 29.8 Å². The maximum Gasteiger partial charge on any atom is 0.320 e. The number of phenols is 1. The lowest BCUT2D eigenvalue weighted by atomic mass is 10.1. The standard InChI is InChI=1S/C9H11NO3.C9H11NO2.C6H9N3O2.C5H9NO4/c10-8(9(12)13)5-6-1-3-7(11)4-2-6;10-8(9(11)12)6-7-4-2-1-3-5-7;7-5(6(10)11)1-4-2-8-3-9-4;6-3(5(9)10)1-2-4(7)8/h1-4,8,11H,5,10H2,(H,12,13);1-5,8H,6,10H2,(H,11,12);2-3,5H,1,7H2,(H,8,9)(H,10,11);3H,1-2,6H2,(H,7,8)(H,9,10)/t2*8-;5-;3-/m0000/s1. The van der Waals surface area contributed by atoms with Gasteiger partial charge in [0.25, 0.3) is 0 Å². The summed E-state index contributed by atoms with van der Waals surface area (Å²) in [6.07, 6.45) is 3.77. The fourth-order valence-corrected chi connectivity index (χ4v) is 3.05. The minimum atomic E-state index is -1.17. The SMILES string of the molecule is N[C@@H](CCC(=O)O)C(=O)O.N[C@@H](Cc1ccc(O)cc1)C(=O)O.N[C@@H](Cc1ccccc1)C(=O)O.N[C@@H](Cc1cnc[nH]1)C(=O)O. The fraction of sp³-hybridized carbons (Fsp3) is 0.310. The maximum atomic E-state index is 10.4. The first-order valence-corrected chi connectivity index (χ1v) is 13.5. The zero-order valence-electron chi connectivity index (χ0n) is 24.7. The molecule has 0 aliphatic carbocycles. The van der Waals surface area contributed by atoms with Crippen molar-refractivity contribution in [3.05, 3.63) is 83.9 Å². The van der Waals surface area contributed by atoms with Crippen LogP contribution in [-0.2, 0) is 43.2 Å². The number of H-pyrrole nitrogens is 1. The molecule has 46 heavy (non-hydrogen) atoms. The second kappa shape index (κ2) is 22.2. The molecule has 0 fully saturated rings. The molecule has 0 saturated heterocycles. The van der Waals surface area contributed by atoms with Crippen LogP contribution in [-0.4, -0.2) is 94.6 Å². The van der Waals surface area contributed by atoms with Crippen molar-refractivity contribution in [2.75, 3.05) is 0 Å². The average molecular weight is 649 g/mol. The number of aliphatic carboxylic acids is 5. The van der Waals surface area contributed by atoms with Gasteiger partial charge in [0, 0.05) is 24.7 Å².